The van der Waals surface area contributed by atoms with Gasteiger partial charge >= 0.3 is 0 Å². The fraction of sp³-hybridized carbons (Fsp3) is 0.455. The minimum atomic E-state index is 0.409. The van der Waals surface area contributed by atoms with Gasteiger partial charge in [0, 0.05) is 12.2 Å². The summed E-state index contributed by atoms with van der Waals surface area (Å²) in [5.41, 5.74) is 0.915. The Labute approximate surface area is 96.3 Å². The van der Waals surface area contributed by atoms with Crippen LogP contribution >= 0.6 is 12.2 Å². The fourth-order valence-corrected chi connectivity index (χ4v) is 1.65. The maximum absolute atomic E-state index is 5.18. The van der Waals surface area contributed by atoms with Crippen molar-refractivity contribution in [3.8, 4) is 0 Å². The number of pyridine rings is 1. The molecule has 4 heteroatoms. The van der Waals surface area contributed by atoms with E-state index in [2.05, 4.69) is 29.5 Å². The molecule has 1 aromatic heterocycles. The fourth-order valence-electron chi connectivity index (χ4n) is 1.33. The maximum Gasteiger partial charge on any atom is 0.171 e. The number of hydrogen-bond donors (Lipinski definition) is 2. The van der Waals surface area contributed by atoms with Crippen molar-refractivity contribution in [3.05, 3.63) is 24.5 Å². The number of hydrogen-bond acceptors (Lipinski definition) is 2. The molecule has 0 aliphatic rings. The average Bonchev–Trinajstić information content (AvgIpc) is 2.19. The van der Waals surface area contributed by atoms with Crippen LogP contribution in [0.1, 0.15) is 26.7 Å². The molecule has 0 amide bonds. The van der Waals surface area contributed by atoms with Crippen LogP contribution < -0.4 is 10.6 Å². The first-order valence-electron chi connectivity index (χ1n) is 5.20. The molecule has 1 heterocycles. The highest BCUT2D eigenvalue weighted by Gasteiger charge is 2.02. The number of thiocarbonyl (C=S) groups is 1. The predicted molar refractivity (Wildman–Crippen MR) is 68.0 cm³/mol. The van der Waals surface area contributed by atoms with Crippen molar-refractivity contribution in [3.63, 3.8) is 0 Å². The van der Waals surface area contributed by atoms with Crippen LogP contribution in [0, 0.1) is 0 Å². The van der Waals surface area contributed by atoms with Crippen molar-refractivity contribution in [2.24, 2.45) is 0 Å². The molecular weight excluding hydrogens is 206 g/mol. The second-order valence-electron chi connectivity index (χ2n) is 3.53. The minimum absolute atomic E-state index is 0.409. The van der Waals surface area contributed by atoms with Gasteiger partial charge in [0.15, 0.2) is 5.11 Å². The van der Waals surface area contributed by atoms with Crippen LogP contribution in [0.2, 0.25) is 0 Å². The highest BCUT2D eigenvalue weighted by atomic mass is 32.1. The van der Waals surface area contributed by atoms with Gasteiger partial charge in [-0.25, -0.2) is 0 Å². The normalized spacial score (nSPS) is 11.9. The number of nitrogens with one attached hydrogen (secondary N) is 2. The Balaban J connectivity index is 2.36. The minimum Gasteiger partial charge on any atom is -0.360 e. The molecule has 0 aliphatic heterocycles. The van der Waals surface area contributed by atoms with E-state index in [4.69, 9.17) is 12.2 Å². The van der Waals surface area contributed by atoms with E-state index in [0.29, 0.717) is 11.2 Å². The van der Waals surface area contributed by atoms with Crippen molar-refractivity contribution in [1.29, 1.82) is 0 Å². The lowest BCUT2D eigenvalue weighted by atomic mass is 10.2. The second kappa shape index (κ2) is 6.35. The highest BCUT2D eigenvalue weighted by Crippen LogP contribution is 2.03. The summed E-state index contributed by atoms with van der Waals surface area (Å²) in [6.45, 7) is 4.29. The van der Waals surface area contributed by atoms with Gasteiger partial charge in [-0.2, -0.15) is 0 Å². The van der Waals surface area contributed by atoms with E-state index >= 15 is 0 Å². The van der Waals surface area contributed by atoms with Gasteiger partial charge in [0.05, 0.1) is 11.9 Å². The first kappa shape index (κ1) is 11.9. The quantitative estimate of drug-likeness (QED) is 0.769. The monoisotopic (exact) mass is 223 g/mol. The van der Waals surface area contributed by atoms with E-state index in [1.54, 1.807) is 12.4 Å². The predicted octanol–water partition coefficient (Wildman–Crippen LogP) is 2.56. The molecule has 15 heavy (non-hydrogen) atoms. The second-order valence-corrected chi connectivity index (χ2v) is 3.94. The van der Waals surface area contributed by atoms with E-state index < -0.39 is 0 Å². The van der Waals surface area contributed by atoms with Gasteiger partial charge in [0.25, 0.3) is 0 Å². The van der Waals surface area contributed by atoms with Gasteiger partial charge in [-0.1, -0.05) is 13.3 Å². The Kier molecular flexibility index (Phi) is 5.04. The lowest BCUT2D eigenvalue weighted by Gasteiger charge is -2.15. The molecule has 0 aromatic carbocycles. The molecule has 0 saturated carbocycles. The molecule has 0 aliphatic carbocycles. The molecule has 0 fully saturated rings. The van der Waals surface area contributed by atoms with Crippen LogP contribution in [0.4, 0.5) is 5.69 Å². The van der Waals surface area contributed by atoms with Gasteiger partial charge in [-0.3, -0.25) is 4.98 Å². The van der Waals surface area contributed by atoms with Crippen LogP contribution in [0.5, 0.6) is 0 Å². The van der Waals surface area contributed by atoms with E-state index in [1.165, 1.54) is 0 Å². The molecule has 0 unspecified atom stereocenters. The smallest absolute Gasteiger partial charge is 0.171 e. The largest absolute Gasteiger partial charge is 0.360 e. The molecule has 1 atom stereocenters. The van der Waals surface area contributed by atoms with Gasteiger partial charge in [0.1, 0.15) is 0 Å². The Bertz CT molecular complexity index is 300. The SMILES string of the molecule is CCC[C@H](C)NC(=S)Nc1cccnc1. The molecule has 0 radical (unpaired) electrons. The molecule has 3 nitrogen and oxygen atoms in total. The molecular formula is C11H17N3S. The summed E-state index contributed by atoms with van der Waals surface area (Å²) in [5.74, 6) is 0. The zero-order valence-corrected chi connectivity index (χ0v) is 9.97. The first-order chi connectivity index (χ1) is 7.22. The summed E-state index contributed by atoms with van der Waals surface area (Å²) in [6, 6.07) is 4.22. The molecule has 1 rings (SSSR count). The van der Waals surface area contributed by atoms with Gasteiger partial charge in [0.2, 0.25) is 0 Å². The summed E-state index contributed by atoms with van der Waals surface area (Å²) in [5, 5.41) is 6.97. The third-order valence-electron chi connectivity index (χ3n) is 2.02. The Morgan fingerprint density at radius 1 is 1.60 bits per heavy atom. The van der Waals surface area contributed by atoms with E-state index in [9.17, 15) is 0 Å². The van der Waals surface area contributed by atoms with Crippen molar-refractivity contribution in [1.82, 2.24) is 10.3 Å². The van der Waals surface area contributed by atoms with Crippen molar-refractivity contribution in [2.75, 3.05) is 5.32 Å². The van der Waals surface area contributed by atoms with Crippen LogP contribution in [0.3, 0.4) is 0 Å². The van der Waals surface area contributed by atoms with E-state index in [0.717, 1.165) is 18.5 Å². The summed E-state index contributed by atoms with van der Waals surface area (Å²) in [6.07, 6.45) is 5.76. The summed E-state index contributed by atoms with van der Waals surface area (Å²) < 4.78 is 0. The summed E-state index contributed by atoms with van der Waals surface area (Å²) >= 11 is 5.18. The maximum atomic E-state index is 5.18. The molecule has 1 aromatic rings. The molecule has 0 bridgehead atoms. The van der Waals surface area contributed by atoms with Crippen LogP contribution in [0.15, 0.2) is 24.5 Å². The molecule has 0 spiro atoms. The molecule has 2 N–H and O–H groups in total. The number of nitrogens with zero attached hydrogens (tertiary/aromatic N) is 1. The number of anilines is 1. The van der Waals surface area contributed by atoms with E-state index in [-0.39, 0.29) is 0 Å². The number of aromatic nitrogens is 1. The zero-order valence-electron chi connectivity index (χ0n) is 9.16. The van der Waals surface area contributed by atoms with Crippen LogP contribution in [0.25, 0.3) is 0 Å². The van der Waals surface area contributed by atoms with Crippen LogP contribution in [-0.4, -0.2) is 16.1 Å². The Hall–Kier alpha value is -1.16. The van der Waals surface area contributed by atoms with Crippen molar-refractivity contribution in [2.45, 2.75) is 32.7 Å². The van der Waals surface area contributed by atoms with Gasteiger partial charge < -0.3 is 10.6 Å². The Morgan fingerprint density at radius 3 is 3.00 bits per heavy atom. The summed E-state index contributed by atoms with van der Waals surface area (Å²) in [7, 11) is 0. The summed E-state index contributed by atoms with van der Waals surface area (Å²) in [4.78, 5) is 4.00. The highest BCUT2D eigenvalue weighted by molar-refractivity contribution is 7.80. The standard InChI is InChI=1S/C11H17N3S/c1-3-5-9(2)13-11(15)14-10-6-4-7-12-8-10/h4,6-9H,3,5H2,1-2H3,(H2,13,14,15)/t9-/m0/s1. The van der Waals surface area contributed by atoms with Crippen molar-refractivity contribution < 1.29 is 0 Å². The topological polar surface area (TPSA) is 37.0 Å². The molecule has 82 valence electrons. The lowest BCUT2D eigenvalue weighted by Crippen LogP contribution is -2.35. The third kappa shape index (κ3) is 4.74. The first-order valence-corrected chi connectivity index (χ1v) is 5.60. The van der Waals surface area contributed by atoms with E-state index in [1.807, 2.05) is 12.1 Å². The third-order valence-corrected chi connectivity index (χ3v) is 2.24. The van der Waals surface area contributed by atoms with Crippen molar-refractivity contribution >= 4 is 23.0 Å². The van der Waals surface area contributed by atoms with Gasteiger partial charge in [-0.15, -0.1) is 0 Å². The van der Waals surface area contributed by atoms with Gasteiger partial charge in [-0.05, 0) is 37.7 Å². The zero-order chi connectivity index (χ0) is 11.1. The molecule has 0 saturated heterocycles. The Morgan fingerprint density at radius 2 is 2.40 bits per heavy atom. The number of rotatable bonds is 4. The lowest BCUT2D eigenvalue weighted by molar-refractivity contribution is 0.599. The average molecular weight is 223 g/mol. The van der Waals surface area contributed by atoms with Crippen LogP contribution in [-0.2, 0) is 0 Å².